The standard InChI is InChI=1S/C20H21FN2O2/c21-17-9-4-8-16(14-17)20(10-5-11-20)19(25)23-13-12-22-18(24)15-6-2-1-3-7-15/h1-4,6-9,14H,5,10-13H2,(H,22,24)(H,23,25). The highest BCUT2D eigenvalue weighted by Gasteiger charge is 2.45. The minimum absolute atomic E-state index is 0.0988. The summed E-state index contributed by atoms with van der Waals surface area (Å²) in [5, 5.41) is 5.65. The number of carbonyl (C=O) groups excluding carboxylic acids is 2. The molecule has 2 aromatic rings. The highest BCUT2D eigenvalue weighted by molar-refractivity contribution is 5.94. The maximum absolute atomic E-state index is 13.5. The first kappa shape index (κ1) is 17.1. The van der Waals surface area contributed by atoms with Crippen molar-refractivity contribution >= 4 is 11.8 Å². The second kappa shape index (κ2) is 7.47. The van der Waals surface area contributed by atoms with Crippen molar-refractivity contribution in [3.63, 3.8) is 0 Å². The summed E-state index contributed by atoms with van der Waals surface area (Å²) in [4.78, 5) is 24.6. The third kappa shape index (κ3) is 3.71. The zero-order valence-electron chi connectivity index (χ0n) is 13.9. The van der Waals surface area contributed by atoms with Gasteiger partial charge in [0.15, 0.2) is 0 Å². The van der Waals surface area contributed by atoms with Crippen molar-refractivity contribution in [2.45, 2.75) is 24.7 Å². The minimum atomic E-state index is -0.633. The van der Waals surface area contributed by atoms with Crippen LogP contribution in [0.1, 0.15) is 35.2 Å². The first-order chi connectivity index (χ1) is 12.1. The molecule has 0 bridgehead atoms. The number of carbonyl (C=O) groups is 2. The summed E-state index contributed by atoms with van der Waals surface area (Å²) in [7, 11) is 0. The minimum Gasteiger partial charge on any atom is -0.354 e. The second-order valence-corrected chi connectivity index (χ2v) is 6.32. The van der Waals surface area contributed by atoms with E-state index >= 15 is 0 Å². The lowest BCUT2D eigenvalue weighted by Crippen LogP contribution is -2.50. The number of halogens is 1. The van der Waals surface area contributed by atoms with Crippen LogP contribution in [0.3, 0.4) is 0 Å². The predicted molar refractivity (Wildman–Crippen MR) is 93.7 cm³/mol. The molecule has 2 amide bonds. The van der Waals surface area contributed by atoms with Crippen LogP contribution in [0.5, 0.6) is 0 Å². The number of hydrogen-bond acceptors (Lipinski definition) is 2. The van der Waals surface area contributed by atoms with Crippen LogP contribution in [0.25, 0.3) is 0 Å². The van der Waals surface area contributed by atoms with E-state index in [9.17, 15) is 14.0 Å². The first-order valence-corrected chi connectivity index (χ1v) is 8.49. The lowest BCUT2D eigenvalue weighted by Gasteiger charge is -2.40. The molecule has 25 heavy (non-hydrogen) atoms. The van der Waals surface area contributed by atoms with Crippen LogP contribution in [0.4, 0.5) is 4.39 Å². The van der Waals surface area contributed by atoms with Crippen molar-refractivity contribution < 1.29 is 14.0 Å². The zero-order valence-corrected chi connectivity index (χ0v) is 13.9. The maximum Gasteiger partial charge on any atom is 0.251 e. The molecule has 0 saturated heterocycles. The Kier molecular flexibility index (Phi) is 5.12. The first-order valence-electron chi connectivity index (χ1n) is 8.49. The van der Waals surface area contributed by atoms with E-state index < -0.39 is 5.41 Å². The van der Waals surface area contributed by atoms with Crippen LogP contribution >= 0.6 is 0 Å². The zero-order chi connectivity index (χ0) is 17.7. The van der Waals surface area contributed by atoms with Gasteiger partial charge in [-0.25, -0.2) is 4.39 Å². The van der Waals surface area contributed by atoms with E-state index in [2.05, 4.69) is 10.6 Å². The molecule has 0 spiro atoms. The molecule has 1 saturated carbocycles. The Bertz CT molecular complexity index is 757. The average Bonchev–Trinajstić information content (AvgIpc) is 2.58. The molecule has 0 unspecified atom stereocenters. The van der Waals surface area contributed by atoms with Gasteiger partial charge in [0.1, 0.15) is 5.82 Å². The van der Waals surface area contributed by atoms with Gasteiger partial charge in [0.25, 0.3) is 5.91 Å². The van der Waals surface area contributed by atoms with Gasteiger partial charge in [-0.05, 0) is 42.7 Å². The molecule has 0 aromatic heterocycles. The molecule has 5 heteroatoms. The van der Waals surface area contributed by atoms with Gasteiger partial charge in [-0.2, -0.15) is 0 Å². The van der Waals surface area contributed by atoms with Gasteiger partial charge in [-0.3, -0.25) is 9.59 Å². The molecule has 3 rings (SSSR count). The van der Waals surface area contributed by atoms with Crippen LogP contribution in [0.2, 0.25) is 0 Å². The molecule has 1 aliphatic carbocycles. The molecule has 0 heterocycles. The third-order valence-corrected chi connectivity index (χ3v) is 4.75. The normalized spacial score (nSPS) is 15.1. The van der Waals surface area contributed by atoms with Gasteiger partial charge in [0.2, 0.25) is 5.91 Å². The SMILES string of the molecule is O=C(NCCNC(=O)C1(c2cccc(F)c2)CCC1)c1ccccc1. The summed E-state index contributed by atoms with van der Waals surface area (Å²) in [6.45, 7) is 0.688. The number of hydrogen-bond donors (Lipinski definition) is 2. The van der Waals surface area contributed by atoms with Gasteiger partial charge >= 0.3 is 0 Å². The number of nitrogens with one attached hydrogen (secondary N) is 2. The molecular weight excluding hydrogens is 319 g/mol. The lowest BCUT2D eigenvalue weighted by atomic mass is 9.64. The third-order valence-electron chi connectivity index (χ3n) is 4.75. The molecule has 0 aliphatic heterocycles. The summed E-state index contributed by atoms with van der Waals surface area (Å²) < 4.78 is 13.5. The number of benzene rings is 2. The van der Waals surface area contributed by atoms with E-state index in [1.807, 2.05) is 6.07 Å². The van der Waals surface area contributed by atoms with Gasteiger partial charge < -0.3 is 10.6 Å². The Morgan fingerprint density at radius 1 is 0.960 bits per heavy atom. The van der Waals surface area contributed by atoms with Crippen LogP contribution in [0.15, 0.2) is 54.6 Å². The Labute approximate surface area is 146 Å². The summed E-state index contributed by atoms with van der Waals surface area (Å²) in [6, 6.07) is 15.2. The Morgan fingerprint density at radius 2 is 1.68 bits per heavy atom. The Hall–Kier alpha value is -2.69. The largest absolute Gasteiger partial charge is 0.354 e. The maximum atomic E-state index is 13.5. The fourth-order valence-electron chi connectivity index (χ4n) is 3.18. The molecule has 130 valence electrons. The molecule has 0 atom stereocenters. The van der Waals surface area contributed by atoms with E-state index in [4.69, 9.17) is 0 Å². The fraction of sp³-hybridized carbons (Fsp3) is 0.300. The van der Waals surface area contributed by atoms with Crippen molar-refractivity contribution in [1.82, 2.24) is 10.6 Å². The second-order valence-electron chi connectivity index (χ2n) is 6.32. The van der Waals surface area contributed by atoms with Gasteiger partial charge in [-0.1, -0.05) is 36.8 Å². The van der Waals surface area contributed by atoms with Gasteiger partial charge in [-0.15, -0.1) is 0 Å². The van der Waals surface area contributed by atoms with E-state index in [0.717, 1.165) is 24.8 Å². The van der Waals surface area contributed by atoms with E-state index in [0.29, 0.717) is 18.7 Å². The summed E-state index contributed by atoms with van der Waals surface area (Å²) >= 11 is 0. The smallest absolute Gasteiger partial charge is 0.251 e. The summed E-state index contributed by atoms with van der Waals surface area (Å²) in [5.41, 5.74) is 0.680. The Morgan fingerprint density at radius 3 is 2.32 bits per heavy atom. The topological polar surface area (TPSA) is 58.2 Å². The van der Waals surface area contributed by atoms with E-state index in [-0.39, 0.29) is 17.6 Å². The Balaban J connectivity index is 1.53. The van der Waals surface area contributed by atoms with E-state index in [1.54, 1.807) is 36.4 Å². The van der Waals surface area contributed by atoms with Crippen LogP contribution in [-0.2, 0) is 10.2 Å². The quantitative estimate of drug-likeness (QED) is 0.795. The van der Waals surface area contributed by atoms with Crippen molar-refractivity contribution in [2.24, 2.45) is 0 Å². The highest BCUT2D eigenvalue weighted by Crippen LogP contribution is 2.44. The molecule has 1 fully saturated rings. The predicted octanol–water partition coefficient (Wildman–Crippen LogP) is 2.79. The molecule has 1 aliphatic rings. The molecular formula is C20H21FN2O2. The number of rotatable bonds is 6. The van der Waals surface area contributed by atoms with Crippen molar-refractivity contribution in [2.75, 3.05) is 13.1 Å². The summed E-state index contributed by atoms with van der Waals surface area (Å²) in [6.07, 6.45) is 2.39. The van der Waals surface area contributed by atoms with Crippen LogP contribution < -0.4 is 10.6 Å². The monoisotopic (exact) mass is 340 g/mol. The van der Waals surface area contributed by atoms with Crippen molar-refractivity contribution in [1.29, 1.82) is 0 Å². The number of amides is 2. The lowest BCUT2D eigenvalue weighted by molar-refractivity contribution is -0.129. The summed E-state index contributed by atoms with van der Waals surface area (Å²) in [5.74, 6) is -0.594. The molecule has 4 nitrogen and oxygen atoms in total. The van der Waals surface area contributed by atoms with Gasteiger partial charge in [0.05, 0.1) is 5.41 Å². The highest BCUT2D eigenvalue weighted by atomic mass is 19.1. The fourth-order valence-corrected chi connectivity index (χ4v) is 3.18. The van der Waals surface area contributed by atoms with Crippen LogP contribution in [-0.4, -0.2) is 24.9 Å². The van der Waals surface area contributed by atoms with Crippen molar-refractivity contribution in [3.05, 3.63) is 71.5 Å². The molecule has 2 N–H and O–H groups in total. The average molecular weight is 340 g/mol. The van der Waals surface area contributed by atoms with Crippen LogP contribution in [0, 0.1) is 5.82 Å². The van der Waals surface area contributed by atoms with Gasteiger partial charge in [0, 0.05) is 18.7 Å². The molecule has 0 radical (unpaired) electrons. The molecule has 2 aromatic carbocycles. The van der Waals surface area contributed by atoms with Crippen molar-refractivity contribution in [3.8, 4) is 0 Å². The van der Waals surface area contributed by atoms with E-state index in [1.165, 1.54) is 12.1 Å².